The monoisotopic (exact) mass is 491 g/mol. The van der Waals surface area contributed by atoms with Crippen molar-refractivity contribution in [3.05, 3.63) is 57.3 Å². The second-order valence-corrected chi connectivity index (χ2v) is 9.49. The number of anilines is 1. The zero-order chi connectivity index (χ0) is 19.6. The van der Waals surface area contributed by atoms with Crippen LogP contribution in [0.5, 0.6) is 0 Å². The molecule has 3 rings (SSSR count). The molecule has 0 saturated carbocycles. The number of aryl methyl sites for hydroxylation is 1. The first-order valence-electron chi connectivity index (χ1n) is 7.38. The second kappa shape index (κ2) is 8.13. The van der Waals surface area contributed by atoms with Crippen molar-refractivity contribution < 1.29 is 12.8 Å². The highest BCUT2D eigenvalue weighted by atomic mass is 79.9. The van der Waals surface area contributed by atoms with Gasteiger partial charge in [-0.25, -0.2) is 17.5 Å². The third kappa shape index (κ3) is 5.18. The van der Waals surface area contributed by atoms with Crippen LogP contribution < -0.4 is 4.72 Å². The van der Waals surface area contributed by atoms with Crippen molar-refractivity contribution in [1.29, 1.82) is 0 Å². The standard InChI is InChI=1S/C15H12BrClFN5O2S2/c1-23-15(19-21-22-23)26-14-5-3-10(16)7-13(14)20-27(24,25)8-9-2-4-11(17)12(18)6-9/h2-7,20H,8H2,1H3. The molecule has 7 nitrogen and oxygen atoms in total. The highest BCUT2D eigenvalue weighted by Gasteiger charge is 2.17. The minimum Gasteiger partial charge on any atom is -0.282 e. The summed E-state index contributed by atoms with van der Waals surface area (Å²) in [5, 5.41) is 11.6. The number of hydrogen-bond donors (Lipinski definition) is 1. The number of tetrazole rings is 1. The summed E-state index contributed by atoms with van der Waals surface area (Å²) in [5.41, 5.74) is 0.637. The van der Waals surface area contributed by atoms with Gasteiger partial charge in [-0.3, -0.25) is 4.72 Å². The van der Waals surface area contributed by atoms with Crippen molar-refractivity contribution in [2.75, 3.05) is 4.72 Å². The van der Waals surface area contributed by atoms with E-state index in [9.17, 15) is 12.8 Å². The molecule has 0 unspecified atom stereocenters. The van der Waals surface area contributed by atoms with E-state index >= 15 is 0 Å². The van der Waals surface area contributed by atoms with E-state index in [-0.39, 0.29) is 10.6 Å². The molecule has 142 valence electrons. The normalized spacial score (nSPS) is 11.6. The van der Waals surface area contributed by atoms with Crippen LogP contribution in [-0.4, -0.2) is 28.6 Å². The molecule has 0 fully saturated rings. The van der Waals surface area contributed by atoms with Crippen molar-refractivity contribution in [3.8, 4) is 0 Å². The molecule has 0 aliphatic rings. The molecule has 3 aromatic rings. The lowest BCUT2D eigenvalue weighted by molar-refractivity contribution is 0.599. The number of hydrogen-bond acceptors (Lipinski definition) is 6. The molecule has 0 aliphatic heterocycles. The SMILES string of the molecule is Cn1nnnc1Sc1ccc(Br)cc1NS(=O)(=O)Cc1ccc(Cl)c(F)c1. The Labute approximate surface area is 172 Å². The van der Waals surface area contributed by atoms with E-state index < -0.39 is 21.6 Å². The fourth-order valence-electron chi connectivity index (χ4n) is 2.13. The minimum absolute atomic E-state index is 0.0629. The van der Waals surface area contributed by atoms with Gasteiger partial charge in [-0.15, -0.1) is 5.10 Å². The summed E-state index contributed by atoms with van der Waals surface area (Å²) < 4.78 is 43.4. The first kappa shape index (κ1) is 20.1. The molecule has 1 N–H and O–H groups in total. The molecule has 0 spiro atoms. The quantitative estimate of drug-likeness (QED) is 0.562. The summed E-state index contributed by atoms with van der Waals surface area (Å²) in [6.45, 7) is 0. The van der Waals surface area contributed by atoms with Gasteiger partial charge in [0.25, 0.3) is 0 Å². The van der Waals surface area contributed by atoms with Gasteiger partial charge in [-0.1, -0.05) is 33.6 Å². The Kier molecular flexibility index (Phi) is 6.04. The Balaban J connectivity index is 1.86. The predicted octanol–water partition coefficient (Wildman–Crippen LogP) is 3.86. The van der Waals surface area contributed by atoms with E-state index in [0.717, 1.165) is 6.07 Å². The first-order chi connectivity index (χ1) is 12.7. The van der Waals surface area contributed by atoms with Crippen molar-refractivity contribution in [2.45, 2.75) is 15.8 Å². The zero-order valence-corrected chi connectivity index (χ0v) is 17.7. The van der Waals surface area contributed by atoms with Gasteiger partial charge in [0, 0.05) is 16.4 Å². The summed E-state index contributed by atoms with van der Waals surface area (Å²) in [6.07, 6.45) is 0. The van der Waals surface area contributed by atoms with Gasteiger partial charge < -0.3 is 0 Å². The van der Waals surface area contributed by atoms with Gasteiger partial charge in [0.15, 0.2) is 0 Å². The van der Waals surface area contributed by atoms with Gasteiger partial charge in [-0.05, 0) is 58.1 Å². The second-order valence-electron chi connectivity index (χ2n) is 5.44. The van der Waals surface area contributed by atoms with E-state index in [0.29, 0.717) is 20.2 Å². The predicted molar refractivity (Wildman–Crippen MR) is 105 cm³/mol. The molecule has 0 amide bonds. The molecule has 0 atom stereocenters. The number of rotatable bonds is 6. The van der Waals surface area contributed by atoms with E-state index in [1.54, 1.807) is 25.2 Å². The number of nitrogens with one attached hydrogen (secondary N) is 1. The van der Waals surface area contributed by atoms with Crippen LogP contribution in [0, 0.1) is 5.82 Å². The number of nitrogens with zero attached hydrogens (tertiary/aromatic N) is 4. The van der Waals surface area contributed by atoms with Crippen LogP contribution in [0.25, 0.3) is 0 Å². The fraction of sp³-hybridized carbons (Fsp3) is 0.133. The maximum absolute atomic E-state index is 13.6. The van der Waals surface area contributed by atoms with Gasteiger partial charge in [0.1, 0.15) is 5.82 Å². The summed E-state index contributed by atoms with van der Waals surface area (Å²) in [5.74, 6) is -1.07. The van der Waals surface area contributed by atoms with Crippen molar-refractivity contribution in [3.63, 3.8) is 0 Å². The first-order valence-corrected chi connectivity index (χ1v) is 11.0. The number of aromatic nitrogens is 4. The molecule has 2 aromatic carbocycles. The summed E-state index contributed by atoms with van der Waals surface area (Å²) in [4.78, 5) is 0.613. The van der Waals surface area contributed by atoms with Crippen LogP contribution in [0.1, 0.15) is 5.56 Å². The molecule has 0 radical (unpaired) electrons. The number of halogens is 3. The van der Waals surface area contributed by atoms with E-state index in [1.807, 2.05) is 0 Å². The summed E-state index contributed by atoms with van der Waals surface area (Å²) in [7, 11) is -2.12. The van der Waals surface area contributed by atoms with Gasteiger partial charge in [0.2, 0.25) is 15.2 Å². The molecule has 0 bridgehead atoms. The smallest absolute Gasteiger partial charge is 0.236 e. The Morgan fingerprint density at radius 1 is 1.30 bits per heavy atom. The summed E-state index contributed by atoms with van der Waals surface area (Å²) in [6, 6.07) is 9.03. The maximum Gasteiger partial charge on any atom is 0.236 e. The van der Waals surface area contributed by atoms with Crippen LogP contribution in [0.3, 0.4) is 0 Å². The van der Waals surface area contributed by atoms with Crippen LogP contribution in [0.15, 0.2) is 50.9 Å². The topological polar surface area (TPSA) is 89.8 Å². The molecule has 1 aromatic heterocycles. The average molecular weight is 493 g/mol. The maximum atomic E-state index is 13.6. The Hall–Kier alpha value is -1.69. The largest absolute Gasteiger partial charge is 0.282 e. The van der Waals surface area contributed by atoms with Crippen molar-refractivity contribution >= 4 is 55.0 Å². The lowest BCUT2D eigenvalue weighted by Gasteiger charge is -2.13. The lowest BCUT2D eigenvalue weighted by Crippen LogP contribution is -2.16. The minimum atomic E-state index is -3.80. The molecule has 0 aliphatic carbocycles. The molecule has 0 saturated heterocycles. The van der Waals surface area contributed by atoms with Crippen molar-refractivity contribution in [2.24, 2.45) is 7.05 Å². The van der Waals surface area contributed by atoms with Crippen LogP contribution >= 0.6 is 39.3 Å². The highest BCUT2D eigenvalue weighted by molar-refractivity contribution is 9.10. The third-order valence-corrected chi connectivity index (χ3v) is 6.48. The Bertz CT molecular complexity index is 1090. The summed E-state index contributed by atoms with van der Waals surface area (Å²) >= 11 is 10.2. The van der Waals surface area contributed by atoms with E-state index in [1.165, 1.54) is 28.6 Å². The third-order valence-electron chi connectivity index (χ3n) is 3.33. The molecular formula is C15H12BrClFN5O2S2. The van der Waals surface area contributed by atoms with E-state index in [2.05, 4.69) is 36.2 Å². The van der Waals surface area contributed by atoms with E-state index in [4.69, 9.17) is 11.6 Å². The zero-order valence-electron chi connectivity index (χ0n) is 13.7. The lowest BCUT2D eigenvalue weighted by atomic mass is 10.2. The van der Waals surface area contributed by atoms with Crippen LogP contribution in [0.2, 0.25) is 5.02 Å². The van der Waals surface area contributed by atoms with Gasteiger partial charge in [0.05, 0.1) is 16.5 Å². The molecule has 12 heteroatoms. The average Bonchev–Trinajstić information content (AvgIpc) is 2.98. The fourth-order valence-corrected chi connectivity index (χ4v) is 4.67. The number of sulfonamides is 1. The van der Waals surface area contributed by atoms with Crippen LogP contribution in [0.4, 0.5) is 10.1 Å². The molecule has 1 heterocycles. The highest BCUT2D eigenvalue weighted by Crippen LogP contribution is 2.34. The molecule has 27 heavy (non-hydrogen) atoms. The van der Waals surface area contributed by atoms with Gasteiger partial charge in [-0.2, -0.15) is 0 Å². The Morgan fingerprint density at radius 3 is 2.74 bits per heavy atom. The van der Waals surface area contributed by atoms with Gasteiger partial charge >= 0.3 is 0 Å². The Morgan fingerprint density at radius 2 is 2.07 bits per heavy atom. The van der Waals surface area contributed by atoms with Crippen molar-refractivity contribution in [1.82, 2.24) is 20.2 Å². The molecular weight excluding hydrogens is 481 g/mol. The van der Waals surface area contributed by atoms with Crippen LogP contribution in [-0.2, 0) is 22.8 Å². The number of benzene rings is 2.